The Bertz CT molecular complexity index is 777. The van der Waals surface area contributed by atoms with Gasteiger partial charge in [-0.1, -0.05) is 66.2 Å². The molecule has 0 spiro atoms. The van der Waals surface area contributed by atoms with E-state index in [9.17, 15) is 13.2 Å². The molecule has 0 saturated heterocycles. The minimum atomic E-state index is -3.72. The number of rotatable bonds is 16. The first-order valence-corrected chi connectivity index (χ1v) is 13.6. The first-order valence-electron chi connectivity index (χ1n) is 12.2. The van der Waals surface area contributed by atoms with Crippen LogP contribution in [0, 0.1) is 11.8 Å². The third-order valence-corrected chi connectivity index (χ3v) is 7.96. The number of anilines is 1. The van der Waals surface area contributed by atoms with Gasteiger partial charge < -0.3 is 10.1 Å². The molecule has 7 heteroatoms. The highest BCUT2D eigenvalue weighted by Gasteiger charge is 2.29. The molecule has 0 heterocycles. The van der Waals surface area contributed by atoms with Crippen LogP contribution in [0.5, 0.6) is 5.75 Å². The van der Waals surface area contributed by atoms with Crippen LogP contribution in [0.3, 0.4) is 0 Å². The third kappa shape index (κ3) is 8.74. The summed E-state index contributed by atoms with van der Waals surface area (Å²) in [6.45, 7) is 11.1. The van der Waals surface area contributed by atoms with Crippen LogP contribution in [0.25, 0.3) is 0 Å². The number of ether oxygens (including phenoxy) is 1. The number of nitrogens with zero attached hydrogens (tertiary/aromatic N) is 1. The number of nitrogens with one attached hydrogen (secondary N) is 1. The zero-order chi connectivity index (χ0) is 24.1. The molecule has 6 nitrogen and oxygen atoms in total. The van der Waals surface area contributed by atoms with Gasteiger partial charge in [0.1, 0.15) is 5.75 Å². The number of sulfonamides is 1. The van der Waals surface area contributed by atoms with Crippen molar-refractivity contribution < 1.29 is 17.9 Å². The molecule has 1 aromatic rings. The van der Waals surface area contributed by atoms with E-state index in [4.69, 9.17) is 4.74 Å². The minimum Gasteiger partial charge on any atom is -0.495 e. The first kappa shape index (κ1) is 28.4. The first-order chi connectivity index (χ1) is 15.2. The van der Waals surface area contributed by atoms with E-state index in [1.807, 2.05) is 0 Å². The molecule has 1 rings (SSSR count). The summed E-state index contributed by atoms with van der Waals surface area (Å²) in [6, 6.07) is 4.70. The highest BCUT2D eigenvalue weighted by Crippen LogP contribution is 2.31. The lowest BCUT2D eigenvalue weighted by atomic mass is 9.97. The number of carbonyl (C=O) groups is 1. The predicted octanol–water partition coefficient (Wildman–Crippen LogP) is 6.08. The molecule has 0 aliphatic rings. The summed E-state index contributed by atoms with van der Waals surface area (Å²) < 4.78 is 34.6. The fourth-order valence-corrected chi connectivity index (χ4v) is 5.58. The van der Waals surface area contributed by atoms with Crippen molar-refractivity contribution in [2.45, 2.75) is 90.9 Å². The molecule has 0 saturated carbocycles. The Morgan fingerprint density at radius 3 is 1.94 bits per heavy atom. The van der Waals surface area contributed by atoms with E-state index < -0.39 is 10.0 Å². The predicted molar refractivity (Wildman–Crippen MR) is 133 cm³/mol. The number of hydrogen-bond donors (Lipinski definition) is 1. The van der Waals surface area contributed by atoms with Crippen molar-refractivity contribution in [3.63, 3.8) is 0 Å². The Kier molecular flexibility index (Phi) is 12.9. The van der Waals surface area contributed by atoms with Crippen LogP contribution < -0.4 is 10.1 Å². The Labute approximate surface area is 196 Å². The Balaban J connectivity index is 3.33. The second-order valence-electron chi connectivity index (χ2n) is 8.70. The summed E-state index contributed by atoms with van der Waals surface area (Å²) in [4.78, 5) is 11.8. The highest BCUT2D eigenvalue weighted by molar-refractivity contribution is 7.89. The molecular weight excluding hydrogens is 424 g/mol. The quantitative estimate of drug-likeness (QED) is 0.319. The van der Waals surface area contributed by atoms with Gasteiger partial charge in [0.05, 0.1) is 17.7 Å². The summed E-state index contributed by atoms with van der Waals surface area (Å²) >= 11 is 0. The highest BCUT2D eigenvalue weighted by atomic mass is 32.2. The van der Waals surface area contributed by atoms with E-state index in [1.165, 1.54) is 20.1 Å². The molecule has 1 aromatic carbocycles. The fraction of sp³-hybridized carbons (Fsp3) is 0.720. The van der Waals surface area contributed by atoms with Gasteiger partial charge in [-0.3, -0.25) is 4.79 Å². The second kappa shape index (κ2) is 14.5. The Hall–Kier alpha value is -1.60. The summed E-state index contributed by atoms with van der Waals surface area (Å²) in [7, 11) is -2.22. The van der Waals surface area contributed by atoms with Crippen LogP contribution in [0.1, 0.15) is 86.0 Å². The topological polar surface area (TPSA) is 75.7 Å². The van der Waals surface area contributed by atoms with Crippen LogP contribution >= 0.6 is 0 Å². The normalized spacial score (nSPS) is 13.7. The van der Waals surface area contributed by atoms with E-state index in [0.29, 0.717) is 36.4 Å². The smallest absolute Gasteiger partial charge is 0.243 e. The van der Waals surface area contributed by atoms with Gasteiger partial charge in [0.2, 0.25) is 15.9 Å². The molecule has 0 aliphatic carbocycles. The molecule has 0 radical (unpaired) electrons. The standard InChI is InChI=1S/C25H44N2O4S/c1-7-11-13-21(9-3)18-27(19-22(10-4)14-12-8-2)32(29,30)23-15-16-25(31-6)24(17-23)26-20(5)28/h15-17,21-22H,7-14,18-19H2,1-6H3,(H,26,28)/t21-,22+. The van der Waals surface area contributed by atoms with Gasteiger partial charge in [0.15, 0.2) is 0 Å². The van der Waals surface area contributed by atoms with E-state index in [1.54, 1.807) is 16.4 Å². The number of unbranched alkanes of at least 4 members (excludes halogenated alkanes) is 2. The molecule has 2 atom stereocenters. The summed E-state index contributed by atoms with van der Waals surface area (Å²) in [5.74, 6) is 0.836. The minimum absolute atomic E-state index is 0.192. The molecule has 32 heavy (non-hydrogen) atoms. The van der Waals surface area contributed by atoms with E-state index in [2.05, 4.69) is 33.0 Å². The number of carbonyl (C=O) groups excluding carboxylic acids is 1. The Morgan fingerprint density at radius 1 is 1.00 bits per heavy atom. The van der Waals surface area contributed by atoms with Crippen molar-refractivity contribution in [3.8, 4) is 5.75 Å². The maximum Gasteiger partial charge on any atom is 0.243 e. The van der Waals surface area contributed by atoms with Gasteiger partial charge in [-0.25, -0.2) is 8.42 Å². The zero-order valence-electron chi connectivity index (χ0n) is 20.9. The lowest BCUT2D eigenvalue weighted by molar-refractivity contribution is -0.114. The molecule has 0 bridgehead atoms. The van der Waals surface area contributed by atoms with Crippen molar-refractivity contribution in [2.75, 3.05) is 25.5 Å². The van der Waals surface area contributed by atoms with Gasteiger partial charge in [-0.15, -0.1) is 0 Å². The van der Waals surface area contributed by atoms with Gasteiger partial charge in [0.25, 0.3) is 0 Å². The van der Waals surface area contributed by atoms with Crippen LogP contribution in [0.15, 0.2) is 23.1 Å². The molecule has 1 amide bonds. The van der Waals surface area contributed by atoms with Crippen LogP contribution in [-0.2, 0) is 14.8 Å². The van der Waals surface area contributed by atoms with Gasteiger partial charge in [-0.05, 0) is 42.9 Å². The molecule has 184 valence electrons. The lowest BCUT2D eigenvalue weighted by Gasteiger charge is -2.30. The van der Waals surface area contributed by atoms with Crippen molar-refractivity contribution >= 4 is 21.6 Å². The average molecular weight is 469 g/mol. The zero-order valence-corrected chi connectivity index (χ0v) is 21.8. The van der Waals surface area contributed by atoms with Crippen LogP contribution in [-0.4, -0.2) is 38.8 Å². The van der Waals surface area contributed by atoms with Crippen LogP contribution in [0.4, 0.5) is 5.69 Å². The maximum atomic E-state index is 13.8. The van der Waals surface area contributed by atoms with Crippen molar-refractivity contribution in [1.29, 1.82) is 0 Å². The average Bonchev–Trinajstić information content (AvgIpc) is 2.77. The molecule has 0 unspecified atom stereocenters. The van der Waals surface area contributed by atoms with Crippen molar-refractivity contribution in [3.05, 3.63) is 18.2 Å². The molecular formula is C25H44N2O4S. The molecule has 0 aromatic heterocycles. The van der Waals surface area contributed by atoms with Crippen LogP contribution in [0.2, 0.25) is 0 Å². The largest absolute Gasteiger partial charge is 0.495 e. The number of methoxy groups -OCH3 is 1. The van der Waals surface area contributed by atoms with Gasteiger partial charge in [-0.2, -0.15) is 4.31 Å². The number of amides is 1. The van der Waals surface area contributed by atoms with E-state index in [0.717, 1.165) is 51.4 Å². The monoisotopic (exact) mass is 468 g/mol. The molecule has 0 fully saturated rings. The summed E-state index contributed by atoms with van der Waals surface area (Å²) in [5, 5.41) is 2.69. The second-order valence-corrected chi connectivity index (χ2v) is 10.6. The van der Waals surface area contributed by atoms with Gasteiger partial charge in [0, 0.05) is 20.0 Å². The Morgan fingerprint density at radius 2 is 1.53 bits per heavy atom. The SMILES string of the molecule is CCCC[C@@H](CC)CN(C[C@@H](CC)CCCC)S(=O)(=O)c1ccc(OC)c(NC(C)=O)c1. The van der Waals surface area contributed by atoms with Gasteiger partial charge >= 0.3 is 0 Å². The molecule has 1 N–H and O–H groups in total. The lowest BCUT2D eigenvalue weighted by Crippen LogP contribution is -2.39. The van der Waals surface area contributed by atoms with E-state index in [-0.39, 0.29) is 10.8 Å². The van der Waals surface area contributed by atoms with E-state index >= 15 is 0 Å². The number of hydrogen-bond acceptors (Lipinski definition) is 4. The van der Waals surface area contributed by atoms with Crippen molar-refractivity contribution in [1.82, 2.24) is 4.31 Å². The number of benzene rings is 1. The maximum absolute atomic E-state index is 13.8. The summed E-state index contributed by atoms with van der Waals surface area (Å²) in [6.07, 6.45) is 8.40. The van der Waals surface area contributed by atoms with Crippen molar-refractivity contribution in [2.24, 2.45) is 11.8 Å². The molecule has 0 aliphatic heterocycles. The summed E-state index contributed by atoms with van der Waals surface area (Å²) in [5.41, 5.74) is 0.372. The fourth-order valence-electron chi connectivity index (χ4n) is 3.97. The third-order valence-electron chi connectivity index (χ3n) is 6.13.